The van der Waals surface area contributed by atoms with Gasteiger partial charge in [-0.15, -0.1) is 0 Å². The van der Waals surface area contributed by atoms with Crippen molar-refractivity contribution in [3.05, 3.63) is 54.0 Å². The van der Waals surface area contributed by atoms with Crippen molar-refractivity contribution < 1.29 is 4.39 Å². The molecule has 1 aliphatic rings. The minimum atomic E-state index is -0.315. The van der Waals surface area contributed by atoms with Crippen molar-refractivity contribution in [2.75, 3.05) is 36.0 Å². The lowest BCUT2D eigenvalue weighted by atomic mass is 10.0. The summed E-state index contributed by atoms with van der Waals surface area (Å²) in [4.78, 5) is 8.85. The minimum absolute atomic E-state index is 0.223. The standard InChI is InChI=1S/C17H21FN4/c1-13(19)17-14(18)5-4-6-15(17)21-9-11-22(12-10-21)16-7-2-3-8-20-16/h2-8,13H,9-12,19H2,1H3. The molecule has 1 aromatic carbocycles. The lowest BCUT2D eigenvalue weighted by Crippen LogP contribution is -2.47. The number of piperazine rings is 1. The average Bonchev–Trinajstić information content (AvgIpc) is 2.55. The molecule has 5 heteroatoms. The molecule has 0 radical (unpaired) electrons. The quantitative estimate of drug-likeness (QED) is 0.946. The molecule has 1 aromatic heterocycles. The first-order valence-electron chi connectivity index (χ1n) is 7.61. The first-order valence-corrected chi connectivity index (χ1v) is 7.61. The fraction of sp³-hybridized carbons (Fsp3) is 0.353. The van der Waals surface area contributed by atoms with E-state index in [9.17, 15) is 4.39 Å². The van der Waals surface area contributed by atoms with Crippen LogP contribution in [0.2, 0.25) is 0 Å². The highest BCUT2D eigenvalue weighted by Crippen LogP contribution is 2.29. The highest BCUT2D eigenvalue weighted by Gasteiger charge is 2.22. The third kappa shape index (κ3) is 2.90. The second-order valence-corrected chi connectivity index (χ2v) is 5.62. The molecule has 0 amide bonds. The lowest BCUT2D eigenvalue weighted by molar-refractivity contribution is 0.585. The largest absolute Gasteiger partial charge is 0.368 e. The van der Waals surface area contributed by atoms with Gasteiger partial charge < -0.3 is 15.5 Å². The Morgan fingerprint density at radius 3 is 2.41 bits per heavy atom. The molecule has 0 saturated carbocycles. The Kier molecular flexibility index (Phi) is 4.24. The number of anilines is 2. The number of hydrogen-bond acceptors (Lipinski definition) is 4. The smallest absolute Gasteiger partial charge is 0.130 e. The van der Waals surface area contributed by atoms with Crippen molar-refractivity contribution >= 4 is 11.5 Å². The van der Waals surface area contributed by atoms with E-state index >= 15 is 0 Å². The number of halogens is 1. The summed E-state index contributed by atoms with van der Waals surface area (Å²) in [5, 5.41) is 0. The van der Waals surface area contributed by atoms with E-state index in [1.165, 1.54) is 6.07 Å². The molecule has 116 valence electrons. The Balaban J connectivity index is 1.76. The monoisotopic (exact) mass is 300 g/mol. The zero-order valence-electron chi connectivity index (χ0n) is 12.7. The van der Waals surface area contributed by atoms with E-state index in [-0.39, 0.29) is 11.9 Å². The normalized spacial score (nSPS) is 16.7. The SMILES string of the molecule is CC(N)c1c(F)cccc1N1CCN(c2ccccn2)CC1. The van der Waals surface area contributed by atoms with Crippen LogP contribution in [0.3, 0.4) is 0 Å². The van der Waals surface area contributed by atoms with E-state index in [1.54, 1.807) is 6.07 Å². The van der Waals surface area contributed by atoms with Gasteiger partial charge in [0.2, 0.25) is 0 Å². The number of nitrogens with two attached hydrogens (primary N) is 1. The summed E-state index contributed by atoms with van der Waals surface area (Å²) in [5.74, 6) is 0.772. The van der Waals surface area contributed by atoms with Gasteiger partial charge in [0.25, 0.3) is 0 Å². The van der Waals surface area contributed by atoms with Gasteiger partial charge >= 0.3 is 0 Å². The topological polar surface area (TPSA) is 45.4 Å². The maximum Gasteiger partial charge on any atom is 0.130 e. The molecule has 1 atom stereocenters. The van der Waals surface area contributed by atoms with Gasteiger partial charge in [-0.25, -0.2) is 9.37 Å². The zero-order chi connectivity index (χ0) is 15.5. The van der Waals surface area contributed by atoms with Gasteiger partial charge in [-0.1, -0.05) is 12.1 Å². The molecular formula is C17H21FN4. The third-order valence-corrected chi connectivity index (χ3v) is 4.08. The molecule has 3 rings (SSSR count). The van der Waals surface area contributed by atoms with Gasteiger partial charge in [0.15, 0.2) is 0 Å². The van der Waals surface area contributed by atoms with Crippen LogP contribution >= 0.6 is 0 Å². The Morgan fingerprint density at radius 1 is 1.05 bits per heavy atom. The highest BCUT2D eigenvalue weighted by atomic mass is 19.1. The Hall–Kier alpha value is -2.14. The van der Waals surface area contributed by atoms with E-state index in [2.05, 4.69) is 14.8 Å². The van der Waals surface area contributed by atoms with Gasteiger partial charge in [-0.2, -0.15) is 0 Å². The van der Waals surface area contributed by atoms with E-state index in [0.29, 0.717) is 5.56 Å². The fourth-order valence-electron chi connectivity index (χ4n) is 2.97. The maximum absolute atomic E-state index is 14.1. The van der Waals surface area contributed by atoms with Crippen LogP contribution in [0, 0.1) is 5.82 Å². The van der Waals surface area contributed by atoms with Crippen LogP contribution in [0.1, 0.15) is 18.5 Å². The van der Waals surface area contributed by atoms with Crippen LogP contribution < -0.4 is 15.5 Å². The summed E-state index contributed by atoms with van der Waals surface area (Å²) in [6.07, 6.45) is 1.81. The maximum atomic E-state index is 14.1. The molecule has 4 nitrogen and oxygen atoms in total. The predicted octanol–water partition coefficient (Wildman–Crippen LogP) is 2.57. The van der Waals surface area contributed by atoms with Crippen LogP contribution in [-0.2, 0) is 0 Å². The third-order valence-electron chi connectivity index (χ3n) is 4.08. The number of rotatable bonds is 3. The van der Waals surface area contributed by atoms with Crippen molar-refractivity contribution in [1.82, 2.24) is 4.98 Å². The summed E-state index contributed by atoms with van der Waals surface area (Å²) < 4.78 is 14.1. The van der Waals surface area contributed by atoms with Crippen LogP contribution in [0.4, 0.5) is 15.9 Å². The second kappa shape index (κ2) is 6.32. The number of hydrogen-bond donors (Lipinski definition) is 1. The van der Waals surface area contributed by atoms with E-state index < -0.39 is 0 Å². The predicted molar refractivity (Wildman–Crippen MR) is 87.7 cm³/mol. The number of benzene rings is 1. The molecule has 1 aliphatic heterocycles. The van der Waals surface area contributed by atoms with Crippen molar-refractivity contribution in [3.8, 4) is 0 Å². The Morgan fingerprint density at radius 2 is 1.77 bits per heavy atom. The van der Waals surface area contributed by atoms with Crippen LogP contribution in [-0.4, -0.2) is 31.2 Å². The van der Waals surface area contributed by atoms with Gasteiger partial charge in [0, 0.05) is 49.7 Å². The number of pyridine rings is 1. The van der Waals surface area contributed by atoms with E-state index in [1.807, 2.05) is 37.4 Å². The molecule has 2 N–H and O–H groups in total. The molecule has 1 saturated heterocycles. The molecule has 0 spiro atoms. The molecular weight excluding hydrogens is 279 g/mol. The van der Waals surface area contributed by atoms with Gasteiger partial charge in [0.1, 0.15) is 11.6 Å². The first kappa shape index (κ1) is 14.8. The van der Waals surface area contributed by atoms with Crippen molar-refractivity contribution in [1.29, 1.82) is 0 Å². The number of nitrogens with zero attached hydrogens (tertiary/aromatic N) is 3. The molecule has 1 fully saturated rings. The summed E-state index contributed by atoms with van der Waals surface area (Å²) >= 11 is 0. The summed E-state index contributed by atoms with van der Waals surface area (Å²) in [6.45, 7) is 5.23. The summed E-state index contributed by atoms with van der Waals surface area (Å²) in [7, 11) is 0. The highest BCUT2D eigenvalue weighted by molar-refractivity contribution is 5.57. The zero-order valence-corrected chi connectivity index (χ0v) is 12.7. The first-order chi connectivity index (χ1) is 10.7. The average molecular weight is 300 g/mol. The molecule has 2 aromatic rings. The van der Waals surface area contributed by atoms with E-state index in [4.69, 9.17) is 5.73 Å². The van der Waals surface area contributed by atoms with Crippen LogP contribution in [0.15, 0.2) is 42.6 Å². The molecule has 0 aliphatic carbocycles. The molecule has 22 heavy (non-hydrogen) atoms. The Labute approximate surface area is 130 Å². The molecule has 2 heterocycles. The fourth-order valence-corrected chi connectivity index (χ4v) is 2.97. The van der Waals surface area contributed by atoms with Crippen molar-refractivity contribution in [2.45, 2.75) is 13.0 Å². The number of aromatic nitrogens is 1. The van der Waals surface area contributed by atoms with Crippen LogP contribution in [0.25, 0.3) is 0 Å². The Bertz CT molecular complexity index is 622. The summed E-state index contributed by atoms with van der Waals surface area (Å²) in [5.41, 5.74) is 7.47. The van der Waals surface area contributed by atoms with Crippen LogP contribution in [0.5, 0.6) is 0 Å². The van der Waals surface area contributed by atoms with Crippen molar-refractivity contribution in [2.24, 2.45) is 5.73 Å². The molecule has 0 bridgehead atoms. The van der Waals surface area contributed by atoms with Gasteiger partial charge in [-0.3, -0.25) is 0 Å². The summed E-state index contributed by atoms with van der Waals surface area (Å²) in [6, 6.07) is 10.8. The molecule has 1 unspecified atom stereocenters. The van der Waals surface area contributed by atoms with Gasteiger partial charge in [0.05, 0.1) is 0 Å². The van der Waals surface area contributed by atoms with Crippen molar-refractivity contribution in [3.63, 3.8) is 0 Å². The van der Waals surface area contributed by atoms with Gasteiger partial charge in [-0.05, 0) is 31.2 Å². The second-order valence-electron chi connectivity index (χ2n) is 5.62. The minimum Gasteiger partial charge on any atom is -0.368 e. The van der Waals surface area contributed by atoms with E-state index in [0.717, 1.165) is 37.7 Å². The lowest BCUT2D eigenvalue weighted by Gasteiger charge is -2.38.